The highest BCUT2D eigenvalue weighted by Crippen LogP contribution is 2.06. The number of nitrogens with one attached hydrogen (secondary N) is 1. The maximum absolute atomic E-state index is 11.0. The van der Waals surface area contributed by atoms with Crippen LogP contribution in [0.1, 0.15) is 13.8 Å². The number of carbonyl (C=O) groups excluding carboxylic acids is 2. The van der Waals surface area contributed by atoms with E-state index in [4.69, 9.17) is 0 Å². The van der Waals surface area contributed by atoms with Crippen LogP contribution in [0.15, 0.2) is 0 Å². The number of methoxy groups -OCH3 is 1. The molecule has 0 spiro atoms. The maximum Gasteiger partial charge on any atom is 0.407 e. The van der Waals surface area contributed by atoms with Crippen molar-refractivity contribution in [2.24, 2.45) is 5.92 Å². The van der Waals surface area contributed by atoms with E-state index in [2.05, 4.69) is 10.1 Å². The fourth-order valence-corrected chi connectivity index (χ4v) is 1.55. The smallest absolute Gasteiger partial charge is 0.407 e. The van der Waals surface area contributed by atoms with Crippen molar-refractivity contribution in [2.75, 3.05) is 7.11 Å². The fraction of sp³-hybridized carbons (Fsp3) is 0.714. The number of rotatable bonds is 3. The minimum Gasteiger partial charge on any atom is -0.453 e. The molecule has 0 aliphatic rings. The van der Waals surface area contributed by atoms with Gasteiger partial charge in [0, 0.05) is 22.6 Å². The zero-order chi connectivity index (χ0) is 9.72. The van der Waals surface area contributed by atoms with Gasteiger partial charge < -0.3 is 10.1 Å². The first kappa shape index (κ1) is 11.7. The summed E-state index contributed by atoms with van der Waals surface area (Å²) in [5, 5.41) is 2.45. The van der Waals surface area contributed by atoms with Crippen LogP contribution in [0.5, 0.6) is 0 Å². The van der Waals surface area contributed by atoms with Gasteiger partial charge in [0.1, 0.15) is 6.04 Å². The van der Waals surface area contributed by atoms with Gasteiger partial charge in [0.15, 0.2) is 0 Å². The summed E-state index contributed by atoms with van der Waals surface area (Å²) in [5.74, 6) is 0.0773. The Morgan fingerprint density at radius 1 is 1.42 bits per heavy atom. The molecule has 70 valence electrons. The van der Waals surface area contributed by atoms with Crippen molar-refractivity contribution in [3.63, 3.8) is 0 Å². The van der Waals surface area contributed by atoms with E-state index in [-0.39, 0.29) is 9.71 Å². The molecule has 4 nitrogen and oxygen atoms in total. The molecule has 12 heavy (non-hydrogen) atoms. The molecule has 0 rings (SSSR count). The van der Waals surface area contributed by atoms with Crippen LogP contribution in [-0.4, -0.2) is 23.0 Å². The van der Waals surface area contributed by atoms with Crippen molar-refractivity contribution < 1.29 is 14.3 Å². The second kappa shape index (κ2) is 5.34. The Balaban J connectivity index is 4.14. The van der Waals surface area contributed by atoms with E-state index in [0.29, 0.717) is 0 Å². The topological polar surface area (TPSA) is 55.4 Å². The fourth-order valence-electron chi connectivity index (χ4n) is 0.671. The summed E-state index contributed by atoms with van der Waals surface area (Å²) in [6, 6.07) is -0.460. The molecule has 0 saturated carbocycles. The van der Waals surface area contributed by atoms with E-state index in [1.807, 2.05) is 13.8 Å². The summed E-state index contributed by atoms with van der Waals surface area (Å²) in [5.41, 5.74) is 0. The molecule has 5 heteroatoms. The Morgan fingerprint density at radius 2 is 1.92 bits per heavy atom. The van der Waals surface area contributed by atoms with E-state index in [1.165, 1.54) is 7.11 Å². The minimum atomic E-state index is -0.571. The molecule has 0 aromatic heterocycles. The summed E-state index contributed by atoms with van der Waals surface area (Å²) >= 11 is 1.66. The number of alkyl carbamates (subject to hydrolysis) is 1. The van der Waals surface area contributed by atoms with Crippen LogP contribution in [-0.2, 0) is 9.53 Å². The molecule has 0 bridgehead atoms. The third-order valence-corrected chi connectivity index (χ3v) is 2.04. The molecule has 1 atom stereocenters. The first-order valence-electron chi connectivity index (χ1n) is 3.52. The molecule has 1 N–H and O–H groups in total. The number of amides is 1. The van der Waals surface area contributed by atoms with Gasteiger partial charge in [-0.15, -0.1) is 0 Å². The number of hydrogen-bond acceptors (Lipinski definition) is 3. The van der Waals surface area contributed by atoms with Crippen LogP contribution < -0.4 is 5.32 Å². The highest BCUT2D eigenvalue weighted by atomic mass is 127. The summed E-state index contributed by atoms with van der Waals surface area (Å²) < 4.78 is 4.29. The van der Waals surface area contributed by atoms with Crippen molar-refractivity contribution in [1.82, 2.24) is 5.32 Å². The molecule has 0 radical (unpaired) electrons. The van der Waals surface area contributed by atoms with Crippen LogP contribution in [0.3, 0.4) is 0 Å². The van der Waals surface area contributed by atoms with Gasteiger partial charge >= 0.3 is 6.09 Å². The van der Waals surface area contributed by atoms with Crippen molar-refractivity contribution in [3.8, 4) is 0 Å². The van der Waals surface area contributed by atoms with E-state index in [1.54, 1.807) is 22.6 Å². The van der Waals surface area contributed by atoms with Crippen molar-refractivity contribution in [3.05, 3.63) is 0 Å². The van der Waals surface area contributed by atoms with E-state index in [9.17, 15) is 9.59 Å². The van der Waals surface area contributed by atoms with Crippen LogP contribution in [0.4, 0.5) is 4.79 Å². The van der Waals surface area contributed by atoms with Crippen molar-refractivity contribution in [1.29, 1.82) is 0 Å². The summed E-state index contributed by atoms with van der Waals surface area (Å²) in [7, 11) is 1.27. The van der Waals surface area contributed by atoms with Gasteiger partial charge in [-0.05, 0) is 5.92 Å². The lowest BCUT2D eigenvalue weighted by molar-refractivity contribution is -0.111. The van der Waals surface area contributed by atoms with Crippen LogP contribution in [0, 0.1) is 5.92 Å². The Bertz CT molecular complexity index is 181. The molecule has 0 aromatic rings. The van der Waals surface area contributed by atoms with Crippen LogP contribution in [0.2, 0.25) is 0 Å². The lowest BCUT2D eigenvalue weighted by Crippen LogP contribution is -2.42. The molecule has 0 unspecified atom stereocenters. The normalized spacial score (nSPS) is 12.4. The quantitative estimate of drug-likeness (QED) is 0.628. The standard InChI is InChI=1S/C7H12INO3/c1-4(2)5(6(8)10)9-7(11)12-3/h4-5H,1-3H3,(H,9,11)/t5-/m1/s1. The molecule has 0 fully saturated rings. The summed E-state index contributed by atoms with van der Waals surface area (Å²) in [4.78, 5) is 21.7. The molecule has 0 aromatic carbocycles. The summed E-state index contributed by atoms with van der Waals surface area (Å²) in [6.45, 7) is 3.72. The Hall–Kier alpha value is -0.330. The first-order valence-corrected chi connectivity index (χ1v) is 4.60. The van der Waals surface area contributed by atoms with Gasteiger partial charge in [-0.25, -0.2) is 4.79 Å². The molecule has 1 amide bonds. The predicted octanol–water partition coefficient (Wildman–Crippen LogP) is 1.33. The first-order chi connectivity index (χ1) is 5.49. The van der Waals surface area contributed by atoms with E-state index >= 15 is 0 Å². The number of halogens is 1. The molecule has 0 heterocycles. The number of carbonyl (C=O) groups is 2. The average Bonchev–Trinajstić information content (AvgIpc) is 1.98. The van der Waals surface area contributed by atoms with Gasteiger partial charge in [0.25, 0.3) is 0 Å². The second-order valence-electron chi connectivity index (χ2n) is 2.66. The molecule has 0 aliphatic carbocycles. The SMILES string of the molecule is COC(=O)N[C@@H](C(=O)I)C(C)C. The molecule has 0 saturated heterocycles. The lowest BCUT2D eigenvalue weighted by Gasteiger charge is -2.17. The monoisotopic (exact) mass is 285 g/mol. The second-order valence-corrected chi connectivity index (χ2v) is 3.72. The Kier molecular flexibility index (Phi) is 5.19. The van der Waals surface area contributed by atoms with E-state index < -0.39 is 12.1 Å². The van der Waals surface area contributed by atoms with Crippen molar-refractivity contribution >= 4 is 32.5 Å². The number of hydrogen-bond donors (Lipinski definition) is 1. The van der Waals surface area contributed by atoms with Gasteiger partial charge in [-0.1, -0.05) is 13.8 Å². The maximum atomic E-state index is 11.0. The van der Waals surface area contributed by atoms with Gasteiger partial charge in [-0.2, -0.15) is 0 Å². The van der Waals surface area contributed by atoms with Gasteiger partial charge in [0.2, 0.25) is 3.79 Å². The third-order valence-electron chi connectivity index (χ3n) is 1.37. The lowest BCUT2D eigenvalue weighted by atomic mass is 10.1. The average molecular weight is 285 g/mol. The molecular weight excluding hydrogens is 273 g/mol. The van der Waals surface area contributed by atoms with Crippen LogP contribution >= 0.6 is 22.6 Å². The predicted molar refractivity (Wildman–Crippen MR) is 53.2 cm³/mol. The largest absolute Gasteiger partial charge is 0.453 e. The van der Waals surface area contributed by atoms with E-state index in [0.717, 1.165) is 0 Å². The third kappa shape index (κ3) is 3.89. The van der Waals surface area contributed by atoms with Crippen molar-refractivity contribution in [2.45, 2.75) is 19.9 Å². The Labute approximate surface area is 85.2 Å². The zero-order valence-corrected chi connectivity index (χ0v) is 9.41. The Morgan fingerprint density at radius 3 is 2.17 bits per heavy atom. The highest BCUT2D eigenvalue weighted by molar-refractivity contribution is 14.1. The van der Waals surface area contributed by atoms with Gasteiger partial charge in [0.05, 0.1) is 7.11 Å². The summed E-state index contributed by atoms with van der Waals surface area (Å²) in [6.07, 6.45) is -0.571. The zero-order valence-electron chi connectivity index (χ0n) is 7.26. The minimum absolute atomic E-state index is 0.0773. The molecule has 0 aliphatic heterocycles. The molecular formula is C7H12INO3. The number of ether oxygens (including phenoxy) is 1. The van der Waals surface area contributed by atoms with Crippen LogP contribution in [0.25, 0.3) is 0 Å². The van der Waals surface area contributed by atoms with Gasteiger partial charge in [-0.3, -0.25) is 4.79 Å². The highest BCUT2D eigenvalue weighted by Gasteiger charge is 2.21.